The van der Waals surface area contributed by atoms with Gasteiger partial charge in [-0.15, -0.1) is 11.3 Å². The second-order valence-corrected chi connectivity index (χ2v) is 7.69. The van der Waals surface area contributed by atoms with E-state index in [0.717, 1.165) is 38.5 Å². The van der Waals surface area contributed by atoms with Gasteiger partial charge in [-0.2, -0.15) is 0 Å². The van der Waals surface area contributed by atoms with Crippen molar-refractivity contribution in [3.63, 3.8) is 0 Å². The van der Waals surface area contributed by atoms with Crippen LogP contribution in [0.1, 0.15) is 10.4 Å². The number of H-pyrrole nitrogens is 1. The molecule has 0 radical (unpaired) electrons. The monoisotopic (exact) mass is 406 g/mol. The molecule has 0 unspecified atom stereocenters. The summed E-state index contributed by atoms with van der Waals surface area (Å²) < 4.78 is 10.6. The molecule has 2 aromatic heterocycles. The zero-order valence-corrected chi connectivity index (χ0v) is 17.2. The van der Waals surface area contributed by atoms with E-state index in [-0.39, 0.29) is 5.91 Å². The minimum atomic E-state index is 0.0345. The molecule has 0 atom stereocenters. The highest BCUT2D eigenvalue weighted by Crippen LogP contribution is 2.27. The minimum absolute atomic E-state index is 0.0345. The summed E-state index contributed by atoms with van der Waals surface area (Å²) >= 11 is 1.65. The van der Waals surface area contributed by atoms with E-state index < -0.39 is 0 Å². The lowest BCUT2D eigenvalue weighted by Crippen LogP contribution is -2.31. The number of methoxy groups -OCH3 is 2. The molecule has 2 aromatic carbocycles. The summed E-state index contributed by atoms with van der Waals surface area (Å²) in [5, 5.41) is 3.03. The zero-order chi connectivity index (χ0) is 20.2. The van der Waals surface area contributed by atoms with Crippen molar-refractivity contribution >= 4 is 33.8 Å². The van der Waals surface area contributed by atoms with E-state index in [4.69, 9.17) is 9.47 Å². The maximum Gasteiger partial charge on any atom is 0.231 e. The maximum atomic E-state index is 13.3. The number of rotatable bonds is 7. The van der Waals surface area contributed by atoms with Crippen molar-refractivity contribution in [2.45, 2.75) is 13.0 Å². The van der Waals surface area contributed by atoms with Crippen molar-refractivity contribution in [2.24, 2.45) is 0 Å². The average molecular weight is 407 g/mol. The Morgan fingerprint density at radius 3 is 2.48 bits per heavy atom. The first-order chi connectivity index (χ1) is 14.2. The first-order valence-electron chi connectivity index (χ1n) is 9.28. The number of carbonyl (C=O) groups is 1. The second-order valence-electron chi connectivity index (χ2n) is 6.66. The molecule has 1 N–H and O–H groups in total. The molecule has 0 saturated heterocycles. The highest BCUT2D eigenvalue weighted by atomic mass is 32.1. The van der Waals surface area contributed by atoms with Crippen molar-refractivity contribution in [3.05, 3.63) is 76.6 Å². The molecular formula is C23H22N2O3S. The standard InChI is InChI=1S/C23H22N2O3S/c1-27-18-7-5-17(6-8-18)25(15-20-4-3-11-29-20)23(26)12-16-14-24-22-10-9-19(28-2)13-21(16)22/h3-11,13-14,24H,12,15H2,1-2H3. The molecule has 0 aliphatic carbocycles. The normalized spacial score (nSPS) is 10.8. The van der Waals surface area contributed by atoms with E-state index in [1.54, 1.807) is 25.6 Å². The van der Waals surface area contributed by atoms with Crippen LogP contribution in [-0.2, 0) is 17.8 Å². The van der Waals surface area contributed by atoms with Crippen LogP contribution in [0.3, 0.4) is 0 Å². The molecule has 29 heavy (non-hydrogen) atoms. The lowest BCUT2D eigenvalue weighted by Gasteiger charge is -2.22. The zero-order valence-electron chi connectivity index (χ0n) is 16.3. The molecule has 4 aromatic rings. The van der Waals surface area contributed by atoms with Crippen LogP contribution in [0.5, 0.6) is 11.5 Å². The number of benzene rings is 2. The molecule has 0 bridgehead atoms. The van der Waals surface area contributed by atoms with Crippen LogP contribution in [0.2, 0.25) is 0 Å². The van der Waals surface area contributed by atoms with Gasteiger partial charge in [0.1, 0.15) is 11.5 Å². The van der Waals surface area contributed by atoms with E-state index in [1.165, 1.54) is 0 Å². The summed E-state index contributed by atoms with van der Waals surface area (Å²) in [5.41, 5.74) is 2.79. The molecule has 4 rings (SSSR count). The molecule has 0 aliphatic heterocycles. The molecule has 0 saturated carbocycles. The van der Waals surface area contributed by atoms with Gasteiger partial charge in [-0.3, -0.25) is 4.79 Å². The van der Waals surface area contributed by atoms with E-state index in [0.29, 0.717) is 13.0 Å². The highest BCUT2D eigenvalue weighted by molar-refractivity contribution is 7.09. The topological polar surface area (TPSA) is 54.6 Å². The number of aromatic nitrogens is 1. The molecule has 0 aliphatic rings. The van der Waals surface area contributed by atoms with E-state index >= 15 is 0 Å². The van der Waals surface area contributed by atoms with Crippen LogP contribution in [0.4, 0.5) is 5.69 Å². The third-order valence-corrected chi connectivity index (χ3v) is 5.76. The summed E-state index contributed by atoms with van der Waals surface area (Å²) in [6.07, 6.45) is 2.20. The van der Waals surface area contributed by atoms with E-state index in [1.807, 2.05) is 71.1 Å². The van der Waals surface area contributed by atoms with Crippen LogP contribution < -0.4 is 14.4 Å². The average Bonchev–Trinajstić information content (AvgIpc) is 3.42. The van der Waals surface area contributed by atoms with Gasteiger partial charge >= 0.3 is 0 Å². The van der Waals surface area contributed by atoms with Gasteiger partial charge in [-0.05, 0) is 59.5 Å². The van der Waals surface area contributed by atoms with Crippen LogP contribution >= 0.6 is 11.3 Å². The van der Waals surface area contributed by atoms with Gasteiger partial charge in [0, 0.05) is 27.7 Å². The fourth-order valence-corrected chi connectivity index (χ4v) is 4.03. The number of fused-ring (bicyclic) bond motifs is 1. The Morgan fingerprint density at radius 1 is 1.03 bits per heavy atom. The van der Waals surface area contributed by atoms with Gasteiger partial charge in [0.25, 0.3) is 0 Å². The first kappa shape index (κ1) is 19.1. The number of thiophene rings is 1. The molecule has 0 spiro atoms. The van der Waals surface area contributed by atoms with Crippen LogP contribution in [-0.4, -0.2) is 25.1 Å². The van der Waals surface area contributed by atoms with E-state index in [9.17, 15) is 4.79 Å². The third kappa shape index (κ3) is 4.12. The number of nitrogens with one attached hydrogen (secondary N) is 1. The predicted molar refractivity (Wildman–Crippen MR) is 117 cm³/mol. The predicted octanol–water partition coefficient (Wildman–Crippen LogP) is 5.02. The van der Waals surface area contributed by atoms with Gasteiger partial charge in [0.05, 0.1) is 27.2 Å². The van der Waals surface area contributed by atoms with Crippen LogP contribution in [0, 0.1) is 0 Å². The summed E-state index contributed by atoms with van der Waals surface area (Å²) in [5.74, 6) is 1.57. The van der Waals surface area contributed by atoms with Gasteiger partial charge in [0.15, 0.2) is 0 Å². The van der Waals surface area contributed by atoms with Crippen LogP contribution in [0.25, 0.3) is 10.9 Å². The Labute approximate surface area is 173 Å². The summed E-state index contributed by atoms with van der Waals surface area (Å²) in [7, 11) is 3.28. The Balaban J connectivity index is 1.64. The number of hydrogen-bond donors (Lipinski definition) is 1. The Morgan fingerprint density at radius 2 is 1.79 bits per heavy atom. The second kappa shape index (κ2) is 8.41. The first-order valence-corrected chi connectivity index (χ1v) is 10.2. The number of aromatic amines is 1. The number of ether oxygens (including phenoxy) is 2. The quantitative estimate of drug-likeness (QED) is 0.469. The number of carbonyl (C=O) groups excluding carboxylic acids is 1. The molecular weight excluding hydrogens is 384 g/mol. The lowest BCUT2D eigenvalue weighted by molar-refractivity contribution is -0.118. The Bertz CT molecular complexity index is 1100. The third-order valence-electron chi connectivity index (χ3n) is 4.90. The van der Waals surface area contributed by atoms with Crippen LogP contribution in [0.15, 0.2) is 66.2 Å². The Hall–Kier alpha value is -3.25. The molecule has 1 amide bonds. The van der Waals surface area contributed by atoms with Crippen molar-refractivity contribution < 1.29 is 14.3 Å². The largest absolute Gasteiger partial charge is 0.497 e. The minimum Gasteiger partial charge on any atom is -0.497 e. The van der Waals surface area contributed by atoms with Gasteiger partial charge < -0.3 is 19.4 Å². The van der Waals surface area contributed by atoms with Gasteiger partial charge in [-0.1, -0.05) is 6.07 Å². The fourth-order valence-electron chi connectivity index (χ4n) is 3.33. The summed E-state index contributed by atoms with van der Waals surface area (Å²) in [4.78, 5) is 19.5. The van der Waals surface area contributed by atoms with Gasteiger partial charge in [-0.25, -0.2) is 0 Å². The van der Waals surface area contributed by atoms with Crippen molar-refractivity contribution in [3.8, 4) is 11.5 Å². The highest BCUT2D eigenvalue weighted by Gasteiger charge is 2.19. The molecule has 5 nitrogen and oxygen atoms in total. The number of amides is 1. The molecule has 6 heteroatoms. The summed E-state index contributed by atoms with van der Waals surface area (Å²) in [6, 6.07) is 17.5. The van der Waals surface area contributed by atoms with E-state index in [2.05, 4.69) is 4.98 Å². The number of nitrogens with zero attached hydrogens (tertiary/aromatic N) is 1. The number of hydrogen-bond acceptors (Lipinski definition) is 4. The van der Waals surface area contributed by atoms with Gasteiger partial charge in [0.2, 0.25) is 5.91 Å². The lowest BCUT2D eigenvalue weighted by atomic mass is 10.1. The smallest absolute Gasteiger partial charge is 0.231 e. The number of anilines is 1. The van der Waals surface area contributed by atoms with Crippen molar-refractivity contribution in [1.29, 1.82) is 0 Å². The maximum absolute atomic E-state index is 13.3. The SMILES string of the molecule is COc1ccc(N(Cc2cccs2)C(=O)Cc2c[nH]c3ccc(OC)cc23)cc1. The molecule has 0 fully saturated rings. The fraction of sp³-hybridized carbons (Fsp3) is 0.174. The molecule has 2 heterocycles. The summed E-state index contributed by atoms with van der Waals surface area (Å²) in [6.45, 7) is 0.536. The molecule has 148 valence electrons. The van der Waals surface area contributed by atoms with Crippen molar-refractivity contribution in [1.82, 2.24) is 4.98 Å². The van der Waals surface area contributed by atoms with Crippen molar-refractivity contribution in [2.75, 3.05) is 19.1 Å². The Kier molecular flexibility index (Phi) is 5.53.